The molecule has 0 saturated carbocycles. The zero-order chi connectivity index (χ0) is 13.5. The molecule has 0 amide bonds. The lowest BCUT2D eigenvalue weighted by molar-refractivity contribution is 0.126. The molecule has 0 saturated heterocycles. The number of ether oxygens (including phenoxy) is 1. The molecule has 0 fully saturated rings. The SMILES string of the molecule is CCNCCc1nc(C(OC)c2ccccc2)no1. The first-order valence-corrected chi connectivity index (χ1v) is 6.46. The third-order valence-corrected chi connectivity index (χ3v) is 2.82. The highest BCUT2D eigenvalue weighted by molar-refractivity contribution is 5.22. The summed E-state index contributed by atoms with van der Waals surface area (Å²) in [6.07, 6.45) is 0.448. The Bertz CT molecular complexity index is 484. The number of hydrogen-bond donors (Lipinski definition) is 1. The first-order valence-electron chi connectivity index (χ1n) is 6.46. The molecule has 19 heavy (non-hydrogen) atoms. The predicted molar refractivity (Wildman–Crippen MR) is 71.8 cm³/mol. The van der Waals surface area contributed by atoms with Crippen LogP contribution in [0.15, 0.2) is 34.9 Å². The standard InChI is InChI=1S/C14H19N3O2/c1-3-15-10-9-12-16-14(17-19-12)13(18-2)11-7-5-4-6-8-11/h4-8,13,15H,3,9-10H2,1-2H3. The van der Waals surface area contributed by atoms with Gasteiger partial charge in [0.15, 0.2) is 0 Å². The summed E-state index contributed by atoms with van der Waals surface area (Å²) in [5.41, 5.74) is 1.02. The van der Waals surface area contributed by atoms with Crippen LogP contribution in [0.5, 0.6) is 0 Å². The predicted octanol–water partition coefficient (Wildman–Crippen LogP) is 1.96. The maximum Gasteiger partial charge on any atom is 0.228 e. The topological polar surface area (TPSA) is 60.2 Å². The van der Waals surface area contributed by atoms with Gasteiger partial charge in [-0.05, 0) is 12.1 Å². The van der Waals surface area contributed by atoms with Crippen LogP contribution in [-0.4, -0.2) is 30.3 Å². The molecule has 0 spiro atoms. The van der Waals surface area contributed by atoms with Gasteiger partial charge in [0.25, 0.3) is 0 Å². The van der Waals surface area contributed by atoms with Crippen molar-refractivity contribution in [3.63, 3.8) is 0 Å². The first kappa shape index (κ1) is 13.7. The molecule has 0 radical (unpaired) electrons. The summed E-state index contributed by atoms with van der Waals surface area (Å²) >= 11 is 0. The van der Waals surface area contributed by atoms with Crippen LogP contribution in [0, 0.1) is 0 Å². The molecule has 1 aromatic heterocycles. The van der Waals surface area contributed by atoms with E-state index < -0.39 is 0 Å². The smallest absolute Gasteiger partial charge is 0.228 e. The van der Waals surface area contributed by atoms with Gasteiger partial charge in [-0.3, -0.25) is 0 Å². The van der Waals surface area contributed by atoms with Crippen LogP contribution >= 0.6 is 0 Å². The Balaban J connectivity index is 2.07. The highest BCUT2D eigenvalue weighted by Gasteiger charge is 2.19. The molecule has 5 heteroatoms. The average Bonchev–Trinajstić information content (AvgIpc) is 2.90. The van der Waals surface area contributed by atoms with Crippen molar-refractivity contribution in [1.82, 2.24) is 15.5 Å². The van der Waals surface area contributed by atoms with Crippen LogP contribution < -0.4 is 5.32 Å². The number of methoxy groups -OCH3 is 1. The average molecular weight is 261 g/mol. The van der Waals surface area contributed by atoms with Gasteiger partial charge in [-0.15, -0.1) is 0 Å². The summed E-state index contributed by atoms with van der Waals surface area (Å²) < 4.78 is 10.7. The number of rotatable bonds is 7. The Morgan fingerprint density at radius 3 is 2.79 bits per heavy atom. The Morgan fingerprint density at radius 1 is 1.32 bits per heavy atom. The molecule has 1 aromatic carbocycles. The number of aromatic nitrogens is 2. The van der Waals surface area contributed by atoms with Gasteiger partial charge in [-0.2, -0.15) is 4.98 Å². The molecular formula is C14H19N3O2. The van der Waals surface area contributed by atoms with Crippen molar-refractivity contribution in [3.05, 3.63) is 47.6 Å². The molecular weight excluding hydrogens is 242 g/mol. The highest BCUT2D eigenvalue weighted by atomic mass is 16.5. The second kappa shape index (κ2) is 7.01. The van der Waals surface area contributed by atoms with Crippen LogP contribution in [0.3, 0.4) is 0 Å². The van der Waals surface area contributed by atoms with E-state index in [-0.39, 0.29) is 6.10 Å². The molecule has 102 valence electrons. The monoisotopic (exact) mass is 261 g/mol. The van der Waals surface area contributed by atoms with Gasteiger partial charge in [-0.1, -0.05) is 42.4 Å². The van der Waals surface area contributed by atoms with E-state index in [9.17, 15) is 0 Å². The Hall–Kier alpha value is -1.72. The molecule has 0 aliphatic heterocycles. The van der Waals surface area contributed by atoms with Gasteiger partial charge in [0.1, 0.15) is 6.10 Å². The van der Waals surface area contributed by atoms with Gasteiger partial charge in [0, 0.05) is 20.1 Å². The van der Waals surface area contributed by atoms with Crippen molar-refractivity contribution in [1.29, 1.82) is 0 Å². The second-order valence-corrected chi connectivity index (χ2v) is 4.18. The van der Waals surface area contributed by atoms with Crippen LogP contribution in [-0.2, 0) is 11.2 Å². The van der Waals surface area contributed by atoms with E-state index in [1.165, 1.54) is 0 Å². The highest BCUT2D eigenvalue weighted by Crippen LogP contribution is 2.22. The van der Waals surface area contributed by atoms with Crippen molar-refractivity contribution >= 4 is 0 Å². The van der Waals surface area contributed by atoms with Gasteiger partial charge >= 0.3 is 0 Å². The van der Waals surface area contributed by atoms with E-state index in [0.717, 1.165) is 25.1 Å². The second-order valence-electron chi connectivity index (χ2n) is 4.18. The summed E-state index contributed by atoms with van der Waals surface area (Å²) in [4.78, 5) is 4.39. The van der Waals surface area contributed by atoms with E-state index in [1.807, 2.05) is 30.3 Å². The molecule has 1 N–H and O–H groups in total. The van der Waals surface area contributed by atoms with Gasteiger partial charge < -0.3 is 14.6 Å². The van der Waals surface area contributed by atoms with Crippen LogP contribution in [0.2, 0.25) is 0 Å². The molecule has 1 atom stereocenters. The third-order valence-electron chi connectivity index (χ3n) is 2.82. The largest absolute Gasteiger partial charge is 0.369 e. The van der Waals surface area contributed by atoms with Gasteiger partial charge in [0.2, 0.25) is 11.7 Å². The molecule has 0 bridgehead atoms. The van der Waals surface area contributed by atoms with Crippen molar-refractivity contribution in [3.8, 4) is 0 Å². The molecule has 5 nitrogen and oxygen atoms in total. The van der Waals surface area contributed by atoms with Crippen LogP contribution in [0.25, 0.3) is 0 Å². The van der Waals surface area contributed by atoms with Gasteiger partial charge in [0.05, 0.1) is 0 Å². The fourth-order valence-electron chi connectivity index (χ4n) is 1.87. The third kappa shape index (κ3) is 3.62. The summed E-state index contributed by atoms with van der Waals surface area (Å²) in [6, 6.07) is 9.88. The first-order chi connectivity index (χ1) is 9.35. The number of benzene rings is 1. The van der Waals surface area contributed by atoms with E-state index in [1.54, 1.807) is 7.11 Å². The lowest BCUT2D eigenvalue weighted by Gasteiger charge is -2.10. The quantitative estimate of drug-likeness (QED) is 0.772. The molecule has 2 rings (SSSR count). The van der Waals surface area contributed by atoms with Crippen molar-refractivity contribution in [2.75, 3.05) is 20.2 Å². The van der Waals surface area contributed by atoms with Crippen LogP contribution in [0.1, 0.15) is 30.3 Å². The molecule has 2 aromatic rings. The summed E-state index contributed by atoms with van der Waals surface area (Å²) in [7, 11) is 1.65. The summed E-state index contributed by atoms with van der Waals surface area (Å²) in [5.74, 6) is 1.20. The number of hydrogen-bond acceptors (Lipinski definition) is 5. The molecule has 0 aliphatic rings. The van der Waals surface area contributed by atoms with Gasteiger partial charge in [-0.25, -0.2) is 0 Å². The Kier molecular flexibility index (Phi) is 5.06. The minimum atomic E-state index is -0.280. The normalized spacial score (nSPS) is 12.5. The number of likely N-dealkylation sites (N-methyl/N-ethyl adjacent to an activating group) is 1. The fraction of sp³-hybridized carbons (Fsp3) is 0.429. The van der Waals surface area contributed by atoms with E-state index in [4.69, 9.17) is 9.26 Å². The maximum atomic E-state index is 5.46. The molecule has 1 unspecified atom stereocenters. The zero-order valence-electron chi connectivity index (χ0n) is 11.3. The van der Waals surface area contributed by atoms with Crippen molar-refractivity contribution < 1.29 is 9.26 Å². The lowest BCUT2D eigenvalue weighted by atomic mass is 10.1. The van der Waals surface area contributed by atoms with Crippen molar-refractivity contribution in [2.24, 2.45) is 0 Å². The molecule has 0 aliphatic carbocycles. The Morgan fingerprint density at radius 2 is 2.11 bits per heavy atom. The van der Waals surface area contributed by atoms with E-state index in [0.29, 0.717) is 11.7 Å². The van der Waals surface area contributed by atoms with Crippen LogP contribution in [0.4, 0.5) is 0 Å². The summed E-state index contributed by atoms with van der Waals surface area (Å²) in [5, 5.41) is 7.23. The summed E-state index contributed by atoms with van der Waals surface area (Å²) in [6.45, 7) is 3.84. The van der Waals surface area contributed by atoms with E-state index in [2.05, 4.69) is 22.4 Å². The number of nitrogens with one attached hydrogen (secondary N) is 1. The minimum Gasteiger partial charge on any atom is -0.369 e. The van der Waals surface area contributed by atoms with E-state index >= 15 is 0 Å². The van der Waals surface area contributed by atoms with Crippen molar-refractivity contribution in [2.45, 2.75) is 19.4 Å². The zero-order valence-corrected chi connectivity index (χ0v) is 11.3. The number of nitrogens with zero attached hydrogens (tertiary/aromatic N) is 2. The molecule has 1 heterocycles. The lowest BCUT2D eigenvalue weighted by Crippen LogP contribution is -2.16. The minimum absolute atomic E-state index is 0.280. The Labute approximate surface area is 113 Å². The maximum absolute atomic E-state index is 5.46. The fourth-order valence-corrected chi connectivity index (χ4v) is 1.87.